The van der Waals surface area contributed by atoms with E-state index in [1.54, 1.807) is 4.52 Å². The average molecular weight is 365 g/mol. The second kappa shape index (κ2) is 7.71. The summed E-state index contributed by atoms with van der Waals surface area (Å²) in [5, 5.41) is 7.20. The first-order valence-electron chi connectivity index (χ1n) is 9.25. The first-order valence-corrected chi connectivity index (χ1v) is 9.25. The van der Waals surface area contributed by atoms with Gasteiger partial charge in [0, 0.05) is 44.4 Å². The van der Waals surface area contributed by atoms with Crippen molar-refractivity contribution in [3.8, 4) is 11.3 Å². The largest absolute Gasteiger partial charge is 0.355 e. The number of carbonyl (C=O) groups is 1. The van der Waals surface area contributed by atoms with E-state index in [1.165, 1.54) is 6.33 Å². The zero-order valence-corrected chi connectivity index (χ0v) is 15.4. The summed E-state index contributed by atoms with van der Waals surface area (Å²) in [6, 6.07) is 12.2. The Hall–Kier alpha value is -3.00. The minimum Gasteiger partial charge on any atom is -0.355 e. The van der Waals surface area contributed by atoms with Gasteiger partial charge in [0.15, 0.2) is 0 Å². The number of nitrogens with zero attached hydrogens (tertiary/aromatic N) is 6. The van der Waals surface area contributed by atoms with Crippen LogP contribution in [0.1, 0.15) is 6.92 Å². The smallest absolute Gasteiger partial charge is 0.254 e. The van der Waals surface area contributed by atoms with Gasteiger partial charge in [-0.05, 0) is 6.92 Å². The second-order valence-electron chi connectivity index (χ2n) is 6.55. The van der Waals surface area contributed by atoms with Gasteiger partial charge in [-0.15, -0.1) is 0 Å². The van der Waals surface area contributed by atoms with Gasteiger partial charge in [-0.3, -0.25) is 9.69 Å². The van der Waals surface area contributed by atoms with Gasteiger partial charge in [0.1, 0.15) is 12.1 Å². The zero-order valence-electron chi connectivity index (χ0n) is 15.4. The molecule has 0 atom stereocenters. The molecule has 1 fully saturated rings. The highest BCUT2D eigenvalue weighted by Gasteiger charge is 2.22. The van der Waals surface area contributed by atoms with Gasteiger partial charge in [-0.25, -0.2) is 4.98 Å². The number of nitrogens with one attached hydrogen (secondary N) is 1. The number of benzene rings is 1. The van der Waals surface area contributed by atoms with Crippen LogP contribution in [-0.4, -0.2) is 69.7 Å². The fourth-order valence-electron chi connectivity index (χ4n) is 3.37. The molecule has 1 amide bonds. The fraction of sp³-hybridized carbons (Fsp3) is 0.368. The Kier molecular flexibility index (Phi) is 4.97. The standard InChI is InChI=1S/C19H23N7O/c1-2-20-17(27)13-24-8-10-25(11-9-24)18-12-16(15-6-4-3-5-7-15)23-19-21-14-22-26(18)19/h3-7,12,14H,2,8-11,13H2,1H3,(H,20,27). The van der Waals surface area contributed by atoms with Crippen molar-refractivity contribution >= 4 is 17.5 Å². The van der Waals surface area contributed by atoms with E-state index in [-0.39, 0.29) is 5.91 Å². The normalized spacial score (nSPS) is 15.2. The highest BCUT2D eigenvalue weighted by atomic mass is 16.2. The van der Waals surface area contributed by atoms with Gasteiger partial charge < -0.3 is 10.2 Å². The molecular weight excluding hydrogens is 342 g/mol. The minimum atomic E-state index is 0.0832. The maximum atomic E-state index is 11.8. The molecule has 0 radical (unpaired) electrons. The Morgan fingerprint density at radius 3 is 2.67 bits per heavy atom. The Bertz CT molecular complexity index is 916. The monoisotopic (exact) mass is 365 g/mol. The van der Waals surface area contributed by atoms with Crippen LogP contribution in [0.5, 0.6) is 0 Å². The molecule has 8 heteroatoms. The Balaban J connectivity index is 1.55. The lowest BCUT2D eigenvalue weighted by Crippen LogP contribution is -2.50. The van der Waals surface area contributed by atoms with E-state index in [9.17, 15) is 4.79 Å². The molecule has 140 valence electrons. The molecule has 8 nitrogen and oxygen atoms in total. The van der Waals surface area contributed by atoms with Crippen LogP contribution in [-0.2, 0) is 4.79 Å². The molecule has 0 unspecified atom stereocenters. The quantitative estimate of drug-likeness (QED) is 0.728. The molecule has 4 rings (SSSR count). The van der Waals surface area contributed by atoms with Crippen molar-refractivity contribution in [2.75, 3.05) is 44.2 Å². The van der Waals surface area contributed by atoms with Crippen LogP contribution in [0.3, 0.4) is 0 Å². The van der Waals surface area contributed by atoms with Gasteiger partial charge in [0.05, 0.1) is 12.2 Å². The number of likely N-dealkylation sites (N-methyl/N-ethyl adjacent to an activating group) is 1. The average Bonchev–Trinajstić information content (AvgIpc) is 3.17. The number of rotatable bonds is 5. The maximum absolute atomic E-state index is 11.8. The third-order valence-corrected chi connectivity index (χ3v) is 4.74. The van der Waals surface area contributed by atoms with E-state index in [0.717, 1.165) is 43.3 Å². The topological polar surface area (TPSA) is 78.7 Å². The molecule has 3 aromatic rings. The molecule has 1 aliphatic heterocycles. The van der Waals surface area contributed by atoms with Crippen LogP contribution in [0.25, 0.3) is 17.0 Å². The molecule has 0 spiro atoms. The third-order valence-electron chi connectivity index (χ3n) is 4.74. The molecule has 2 aromatic heterocycles. The number of anilines is 1. The number of piperazine rings is 1. The molecule has 1 aromatic carbocycles. The predicted octanol–water partition coefficient (Wildman–Crippen LogP) is 1.05. The van der Waals surface area contributed by atoms with Crippen molar-refractivity contribution < 1.29 is 4.79 Å². The number of fused-ring (bicyclic) bond motifs is 1. The molecule has 3 heterocycles. The second-order valence-corrected chi connectivity index (χ2v) is 6.55. The molecule has 0 saturated carbocycles. The minimum absolute atomic E-state index is 0.0832. The van der Waals surface area contributed by atoms with E-state index < -0.39 is 0 Å². The van der Waals surface area contributed by atoms with Crippen molar-refractivity contribution in [1.29, 1.82) is 0 Å². The maximum Gasteiger partial charge on any atom is 0.254 e. The molecule has 0 bridgehead atoms. The molecular formula is C19H23N7O. The van der Waals surface area contributed by atoms with Crippen molar-refractivity contribution in [3.05, 3.63) is 42.7 Å². The first-order chi connectivity index (χ1) is 13.2. The Morgan fingerprint density at radius 2 is 1.93 bits per heavy atom. The van der Waals surface area contributed by atoms with Crippen LogP contribution in [0.15, 0.2) is 42.7 Å². The van der Waals surface area contributed by atoms with Crippen molar-refractivity contribution in [2.24, 2.45) is 0 Å². The summed E-state index contributed by atoms with van der Waals surface area (Å²) in [7, 11) is 0. The van der Waals surface area contributed by atoms with E-state index in [1.807, 2.05) is 37.3 Å². The lowest BCUT2D eigenvalue weighted by molar-refractivity contribution is -0.122. The van der Waals surface area contributed by atoms with E-state index in [0.29, 0.717) is 18.9 Å². The molecule has 1 aliphatic rings. The van der Waals surface area contributed by atoms with Crippen LogP contribution in [0.2, 0.25) is 0 Å². The van der Waals surface area contributed by atoms with E-state index in [2.05, 4.69) is 36.2 Å². The highest BCUT2D eigenvalue weighted by Crippen LogP contribution is 2.24. The van der Waals surface area contributed by atoms with E-state index >= 15 is 0 Å². The first kappa shape index (κ1) is 17.4. The summed E-state index contributed by atoms with van der Waals surface area (Å²) in [5.41, 5.74) is 1.94. The summed E-state index contributed by atoms with van der Waals surface area (Å²) in [5.74, 6) is 1.66. The number of aromatic nitrogens is 4. The van der Waals surface area contributed by atoms with Crippen LogP contribution < -0.4 is 10.2 Å². The fourth-order valence-corrected chi connectivity index (χ4v) is 3.37. The molecule has 27 heavy (non-hydrogen) atoms. The Labute approximate surface area is 157 Å². The summed E-state index contributed by atoms with van der Waals surface area (Å²) in [4.78, 5) is 25.2. The lowest BCUT2D eigenvalue weighted by atomic mass is 10.1. The predicted molar refractivity (Wildman–Crippen MR) is 104 cm³/mol. The number of amides is 1. The summed E-state index contributed by atoms with van der Waals surface area (Å²) >= 11 is 0. The number of carbonyl (C=O) groups excluding carboxylic acids is 1. The van der Waals surface area contributed by atoms with Gasteiger partial charge >= 0.3 is 0 Å². The van der Waals surface area contributed by atoms with Crippen molar-refractivity contribution in [2.45, 2.75) is 6.92 Å². The van der Waals surface area contributed by atoms with Crippen LogP contribution in [0.4, 0.5) is 5.82 Å². The van der Waals surface area contributed by atoms with Gasteiger partial charge in [0.2, 0.25) is 5.91 Å². The van der Waals surface area contributed by atoms with Gasteiger partial charge in [0.25, 0.3) is 5.78 Å². The molecule has 1 saturated heterocycles. The highest BCUT2D eigenvalue weighted by molar-refractivity contribution is 5.78. The van der Waals surface area contributed by atoms with Crippen molar-refractivity contribution in [3.63, 3.8) is 0 Å². The van der Waals surface area contributed by atoms with E-state index in [4.69, 9.17) is 0 Å². The number of hydrogen-bond donors (Lipinski definition) is 1. The van der Waals surface area contributed by atoms with Gasteiger partial charge in [-0.2, -0.15) is 14.6 Å². The number of hydrogen-bond acceptors (Lipinski definition) is 6. The SMILES string of the molecule is CCNC(=O)CN1CCN(c2cc(-c3ccccc3)nc3ncnn23)CC1. The third kappa shape index (κ3) is 3.75. The summed E-state index contributed by atoms with van der Waals surface area (Å²) in [6.07, 6.45) is 1.53. The summed E-state index contributed by atoms with van der Waals surface area (Å²) < 4.78 is 1.78. The van der Waals surface area contributed by atoms with Crippen molar-refractivity contribution in [1.82, 2.24) is 29.8 Å². The van der Waals surface area contributed by atoms with Gasteiger partial charge in [-0.1, -0.05) is 30.3 Å². The Morgan fingerprint density at radius 1 is 1.15 bits per heavy atom. The van der Waals surface area contributed by atoms with Crippen LogP contribution >= 0.6 is 0 Å². The lowest BCUT2D eigenvalue weighted by Gasteiger charge is -2.35. The molecule has 0 aliphatic carbocycles. The summed E-state index contributed by atoms with van der Waals surface area (Å²) in [6.45, 7) is 6.37. The van der Waals surface area contributed by atoms with Crippen LogP contribution in [0, 0.1) is 0 Å². The molecule has 1 N–H and O–H groups in total. The zero-order chi connectivity index (χ0) is 18.6.